The van der Waals surface area contributed by atoms with Crippen LogP contribution in [0.5, 0.6) is 5.75 Å². The van der Waals surface area contributed by atoms with Crippen molar-refractivity contribution in [3.63, 3.8) is 0 Å². The molecule has 4 heteroatoms. The number of hydrogen-bond donors (Lipinski definition) is 2. The molecule has 0 spiro atoms. The standard InChI is InChI=1S/C16H19BrN2O/c17-14-6-4-5-13(11-14)12-15(19-18)9-10-20-16-7-2-1-3-8-16/h1-8,11,15,19H,9-10,12,18H2. The van der Waals surface area contributed by atoms with Crippen molar-refractivity contribution in [2.24, 2.45) is 5.84 Å². The highest BCUT2D eigenvalue weighted by Crippen LogP contribution is 2.14. The Morgan fingerprint density at radius 1 is 1.10 bits per heavy atom. The van der Waals surface area contributed by atoms with E-state index in [2.05, 4.69) is 33.5 Å². The van der Waals surface area contributed by atoms with Crippen LogP contribution in [0.2, 0.25) is 0 Å². The fraction of sp³-hybridized carbons (Fsp3) is 0.250. The summed E-state index contributed by atoms with van der Waals surface area (Å²) in [6.07, 6.45) is 1.74. The Balaban J connectivity index is 1.80. The minimum absolute atomic E-state index is 0.202. The molecule has 20 heavy (non-hydrogen) atoms. The number of ether oxygens (including phenoxy) is 1. The molecule has 2 aromatic rings. The van der Waals surface area contributed by atoms with Crippen molar-refractivity contribution < 1.29 is 4.74 Å². The second-order valence-electron chi connectivity index (χ2n) is 4.65. The molecule has 2 aromatic carbocycles. The van der Waals surface area contributed by atoms with Crippen LogP contribution in [0.1, 0.15) is 12.0 Å². The average molecular weight is 335 g/mol. The number of nitrogens with one attached hydrogen (secondary N) is 1. The van der Waals surface area contributed by atoms with E-state index in [0.717, 1.165) is 23.1 Å². The van der Waals surface area contributed by atoms with Crippen LogP contribution in [0, 0.1) is 0 Å². The van der Waals surface area contributed by atoms with E-state index in [1.54, 1.807) is 0 Å². The van der Waals surface area contributed by atoms with E-state index in [1.807, 2.05) is 42.5 Å². The van der Waals surface area contributed by atoms with Gasteiger partial charge >= 0.3 is 0 Å². The van der Waals surface area contributed by atoms with Crippen molar-refractivity contribution >= 4 is 15.9 Å². The van der Waals surface area contributed by atoms with Crippen LogP contribution in [0.4, 0.5) is 0 Å². The zero-order chi connectivity index (χ0) is 14.2. The molecule has 0 amide bonds. The second kappa shape index (κ2) is 8.04. The molecule has 3 N–H and O–H groups in total. The van der Waals surface area contributed by atoms with Crippen molar-refractivity contribution in [1.29, 1.82) is 0 Å². The Morgan fingerprint density at radius 3 is 2.60 bits per heavy atom. The molecule has 0 aliphatic heterocycles. The molecule has 0 heterocycles. The molecule has 1 unspecified atom stereocenters. The van der Waals surface area contributed by atoms with Crippen LogP contribution in [0.15, 0.2) is 59.1 Å². The molecule has 2 rings (SSSR count). The number of para-hydroxylation sites is 1. The summed E-state index contributed by atoms with van der Waals surface area (Å²) in [7, 11) is 0. The van der Waals surface area contributed by atoms with Gasteiger partial charge in [-0.15, -0.1) is 0 Å². The molecular weight excluding hydrogens is 316 g/mol. The molecule has 1 atom stereocenters. The second-order valence-corrected chi connectivity index (χ2v) is 5.56. The summed E-state index contributed by atoms with van der Waals surface area (Å²) in [6.45, 7) is 0.646. The number of halogens is 1. The summed E-state index contributed by atoms with van der Waals surface area (Å²) >= 11 is 3.48. The molecule has 3 nitrogen and oxygen atoms in total. The fourth-order valence-corrected chi connectivity index (χ4v) is 2.48. The molecule has 0 aliphatic rings. The lowest BCUT2D eigenvalue weighted by Crippen LogP contribution is -2.37. The Labute approximate surface area is 128 Å². The monoisotopic (exact) mass is 334 g/mol. The van der Waals surface area contributed by atoms with Crippen LogP contribution >= 0.6 is 15.9 Å². The lowest BCUT2D eigenvalue weighted by atomic mass is 10.0. The van der Waals surface area contributed by atoms with Crippen LogP contribution in [-0.4, -0.2) is 12.6 Å². The van der Waals surface area contributed by atoms with Gasteiger partial charge in [-0.25, -0.2) is 0 Å². The SMILES string of the molecule is NNC(CCOc1ccccc1)Cc1cccc(Br)c1. The number of nitrogens with two attached hydrogens (primary N) is 1. The quantitative estimate of drug-likeness (QED) is 0.603. The third-order valence-electron chi connectivity index (χ3n) is 3.09. The number of hydrogen-bond acceptors (Lipinski definition) is 3. The molecule has 0 saturated heterocycles. The first-order valence-electron chi connectivity index (χ1n) is 6.66. The first-order valence-corrected chi connectivity index (χ1v) is 7.45. The highest BCUT2D eigenvalue weighted by molar-refractivity contribution is 9.10. The zero-order valence-corrected chi connectivity index (χ0v) is 12.8. The lowest BCUT2D eigenvalue weighted by Gasteiger charge is -2.16. The van der Waals surface area contributed by atoms with Gasteiger partial charge in [-0.05, 0) is 42.7 Å². The highest BCUT2D eigenvalue weighted by Gasteiger charge is 2.08. The summed E-state index contributed by atoms with van der Waals surface area (Å²) in [4.78, 5) is 0. The predicted molar refractivity (Wildman–Crippen MR) is 85.5 cm³/mol. The minimum Gasteiger partial charge on any atom is -0.494 e. The highest BCUT2D eigenvalue weighted by atomic mass is 79.9. The molecule has 0 radical (unpaired) electrons. The van der Waals surface area contributed by atoms with Gasteiger partial charge in [0.1, 0.15) is 5.75 Å². The van der Waals surface area contributed by atoms with Crippen molar-refractivity contribution in [1.82, 2.24) is 5.43 Å². The molecule has 0 saturated carbocycles. The molecule has 0 aliphatic carbocycles. The van der Waals surface area contributed by atoms with Crippen LogP contribution in [0.3, 0.4) is 0 Å². The van der Waals surface area contributed by atoms with Gasteiger partial charge in [0.15, 0.2) is 0 Å². The average Bonchev–Trinajstić information content (AvgIpc) is 2.47. The molecule has 0 aromatic heterocycles. The van der Waals surface area contributed by atoms with Gasteiger partial charge in [-0.3, -0.25) is 11.3 Å². The van der Waals surface area contributed by atoms with Gasteiger partial charge < -0.3 is 4.74 Å². The summed E-state index contributed by atoms with van der Waals surface area (Å²) in [5.41, 5.74) is 4.11. The maximum absolute atomic E-state index is 5.69. The van der Waals surface area contributed by atoms with Gasteiger partial charge in [0.2, 0.25) is 0 Å². The van der Waals surface area contributed by atoms with Crippen LogP contribution in [0.25, 0.3) is 0 Å². The number of benzene rings is 2. The summed E-state index contributed by atoms with van der Waals surface area (Å²) in [6, 6.07) is 18.3. The molecule has 0 fully saturated rings. The largest absolute Gasteiger partial charge is 0.494 e. The van der Waals surface area contributed by atoms with Crippen LogP contribution < -0.4 is 16.0 Å². The first-order chi connectivity index (χ1) is 9.78. The Hall–Kier alpha value is -1.36. The van der Waals surface area contributed by atoms with E-state index in [9.17, 15) is 0 Å². The Morgan fingerprint density at radius 2 is 1.90 bits per heavy atom. The maximum atomic E-state index is 5.69. The summed E-state index contributed by atoms with van der Waals surface area (Å²) in [5, 5.41) is 0. The zero-order valence-electron chi connectivity index (χ0n) is 11.3. The van der Waals surface area contributed by atoms with Crippen molar-refractivity contribution in [3.8, 4) is 5.75 Å². The van der Waals surface area contributed by atoms with Gasteiger partial charge in [-0.2, -0.15) is 0 Å². The van der Waals surface area contributed by atoms with Gasteiger partial charge in [0.25, 0.3) is 0 Å². The van der Waals surface area contributed by atoms with E-state index < -0.39 is 0 Å². The van der Waals surface area contributed by atoms with Gasteiger partial charge in [0.05, 0.1) is 6.61 Å². The van der Waals surface area contributed by atoms with E-state index in [-0.39, 0.29) is 6.04 Å². The van der Waals surface area contributed by atoms with E-state index in [1.165, 1.54) is 5.56 Å². The molecule has 0 bridgehead atoms. The normalized spacial score (nSPS) is 12.1. The number of rotatable bonds is 7. The third kappa shape index (κ3) is 4.96. The summed E-state index contributed by atoms with van der Waals surface area (Å²) < 4.78 is 6.78. The van der Waals surface area contributed by atoms with E-state index in [4.69, 9.17) is 10.6 Å². The smallest absolute Gasteiger partial charge is 0.119 e. The molecule has 106 valence electrons. The molecular formula is C16H19BrN2O. The topological polar surface area (TPSA) is 47.3 Å². The fourth-order valence-electron chi connectivity index (χ4n) is 2.03. The summed E-state index contributed by atoms with van der Waals surface area (Å²) in [5.74, 6) is 6.52. The van der Waals surface area contributed by atoms with Crippen molar-refractivity contribution in [2.45, 2.75) is 18.9 Å². The van der Waals surface area contributed by atoms with Gasteiger partial charge in [-0.1, -0.05) is 46.3 Å². The first kappa shape index (κ1) is 15.0. The Bertz CT molecular complexity index is 519. The van der Waals surface area contributed by atoms with Crippen LogP contribution in [-0.2, 0) is 6.42 Å². The van der Waals surface area contributed by atoms with Crippen molar-refractivity contribution in [2.75, 3.05) is 6.61 Å². The number of hydrazine groups is 1. The predicted octanol–water partition coefficient (Wildman–Crippen LogP) is 3.29. The third-order valence-corrected chi connectivity index (χ3v) is 3.58. The van der Waals surface area contributed by atoms with Gasteiger partial charge in [0, 0.05) is 10.5 Å². The van der Waals surface area contributed by atoms with Crippen molar-refractivity contribution in [3.05, 3.63) is 64.6 Å². The lowest BCUT2D eigenvalue weighted by molar-refractivity contribution is 0.285. The minimum atomic E-state index is 0.202. The van der Waals surface area contributed by atoms with E-state index >= 15 is 0 Å². The Kier molecular flexibility index (Phi) is 6.05. The maximum Gasteiger partial charge on any atom is 0.119 e. The van der Waals surface area contributed by atoms with E-state index in [0.29, 0.717) is 6.61 Å².